The summed E-state index contributed by atoms with van der Waals surface area (Å²) in [7, 11) is 0. The zero-order valence-corrected chi connectivity index (χ0v) is 22.8. The van der Waals surface area contributed by atoms with E-state index in [1.807, 2.05) is 0 Å². The van der Waals surface area contributed by atoms with Crippen molar-refractivity contribution in [2.75, 3.05) is 63.2 Å². The number of carbonyl (C=O) groups is 5. The smallest absolute Gasteiger partial charge is 0.411 e. The molecule has 0 saturated heterocycles. The van der Waals surface area contributed by atoms with Crippen LogP contribution in [0.15, 0.2) is 34.7 Å². The number of hydrogen-bond acceptors (Lipinski definition) is 12. The van der Waals surface area contributed by atoms with Crippen molar-refractivity contribution in [3.05, 3.63) is 36.1 Å². The molecule has 3 aromatic rings. The molecule has 3 rings (SSSR count). The highest BCUT2D eigenvalue weighted by Crippen LogP contribution is 2.41. The van der Waals surface area contributed by atoms with Crippen molar-refractivity contribution >= 4 is 63.3 Å². The van der Waals surface area contributed by atoms with Crippen molar-refractivity contribution in [3.8, 4) is 0 Å². The number of hydrogen-bond donors (Lipinski definition) is 6. The molecule has 0 fully saturated rings. The van der Waals surface area contributed by atoms with Crippen LogP contribution in [0.4, 0.5) is 30.6 Å². The number of furan rings is 1. The third-order valence-corrected chi connectivity index (χ3v) is 5.57. The molecule has 8 N–H and O–H groups in total. The summed E-state index contributed by atoms with van der Waals surface area (Å²) >= 11 is 0. The van der Waals surface area contributed by atoms with Crippen LogP contribution < -0.4 is 32.7 Å². The maximum atomic E-state index is 12.7. The average Bonchev–Trinajstić information content (AvgIpc) is 3.39. The maximum absolute atomic E-state index is 12.7. The molecule has 1 heterocycles. The van der Waals surface area contributed by atoms with Gasteiger partial charge in [0.25, 0.3) is 0 Å². The number of anilines is 2. The predicted molar refractivity (Wildman–Crippen MR) is 150 cm³/mol. The number of Topliss-reactive ketones (excluding diaryl/α,β-unsaturated/α-hetero) is 1. The number of benzene rings is 2. The molecule has 0 aliphatic rings. The molecule has 0 radical (unpaired) electrons. The van der Waals surface area contributed by atoms with E-state index in [-0.39, 0.29) is 62.3 Å². The number of amides is 4. The van der Waals surface area contributed by atoms with Gasteiger partial charge in [-0.15, -0.1) is 0 Å². The van der Waals surface area contributed by atoms with Crippen molar-refractivity contribution in [1.29, 1.82) is 0 Å². The van der Waals surface area contributed by atoms with E-state index in [2.05, 4.69) is 30.7 Å². The second-order valence-electron chi connectivity index (χ2n) is 8.56. The van der Waals surface area contributed by atoms with Crippen molar-refractivity contribution in [1.82, 2.24) is 10.6 Å². The number of nitrogens with one attached hydrogen (secondary N) is 4. The summed E-state index contributed by atoms with van der Waals surface area (Å²) in [5.41, 5.74) is 10.5. The third-order valence-electron chi connectivity index (χ3n) is 5.57. The SMILES string of the molecule is CC(=O)c1cc2c(NC(=O)OCCNCCOC(N)=O)c3ccccc3c(NC(=O)OCCNCCOC(N)=O)c2o1. The second-order valence-corrected chi connectivity index (χ2v) is 8.56. The van der Waals surface area contributed by atoms with E-state index in [4.69, 9.17) is 25.4 Å². The first-order valence-corrected chi connectivity index (χ1v) is 12.8. The molecular weight excluding hydrogens is 556 g/mol. The van der Waals surface area contributed by atoms with Gasteiger partial charge in [0.1, 0.15) is 26.4 Å². The normalized spacial score (nSPS) is 10.7. The fourth-order valence-electron chi connectivity index (χ4n) is 3.79. The van der Waals surface area contributed by atoms with Crippen LogP contribution in [0, 0.1) is 0 Å². The van der Waals surface area contributed by atoms with Crippen LogP contribution >= 0.6 is 0 Å². The average molecular weight is 589 g/mol. The van der Waals surface area contributed by atoms with Crippen LogP contribution in [0.2, 0.25) is 0 Å². The van der Waals surface area contributed by atoms with E-state index in [1.54, 1.807) is 24.3 Å². The molecule has 0 spiro atoms. The molecule has 1 aromatic heterocycles. The first-order valence-electron chi connectivity index (χ1n) is 12.8. The molecule has 0 aliphatic carbocycles. The molecule has 0 saturated carbocycles. The fraction of sp³-hybridized carbons (Fsp3) is 0.346. The first-order chi connectivity index (χ1) is 20.2. The van der Waals surface area contributed by atoms with Crippen LogP contribution in [0.3, 0.4) is 0 Å². The van der Waals surface area contributed by atoms with E-state index in [9.17, 15) is 24.0 Å². The number of rotatable bonds is 15. The van der Waals surface area contributed by atoms with Gasteiger partial charge in [0.15, 0.2) is 17.1 Å². The van der Waals surface area contributed by atoms with Crippen LogP contribution in [-0.2, 0) is 18.9 Å². The highest BCUT2D eigenvalue weighted by molar-refractivity contribution is 6.22. The Morgan fingerprint density at radius 3 is 1.62 bits per heavy atom. The molecule has 42 heavy (non-hydrogen) atoms. The number of ether oxygens (including phenoxy) is 4. The predicted octanol–water partition coefficient (Wildman–Crippen LogP) is 2.26. The lowest BCUT2D eigenvalue weighted by molar-refractivity contribution is 0.0989. The summed E-state index contributed by atoms with van der Waals surface area (Å²) in [6.45, 7) is 2.68. The van der Waals surface area contributed by atoms with Gasteiger partial charge in [-0.2, -0.15) is 0 Å². The Balaban J connectivity index is 1.73. The van der Waals surface area contributed by atoms with Crippen LogP contribution in [0.25, 0.3) is 21.7 Å². The van der Waals surface area contributed by atoms with E-state index in [0.717, 1.165) is 0 Å². The quantitative estimate of drug-likeness (QED) is 0.0649. The Morgan fingerprint density at radius 1 is 0.690 bits per heavy atom. The minimum atomic E-state index is -0.881. The van der Waals surface area contributed by atoms with Gasteiger partial charge in [-0.05, 0) is 6.07 Å². The van der Waals surface area contributed by atoms with Gasteiger partial charge in [0.05, 0.1) is 11.4 Å². The largest absolute Gasteiger partial charge is 0.451 e. The number of nitrogens with two attached hydrogens (primary N) is 2. The maximum Gasteiger partial charge on any atom is 0.411 e. The van der Waals surface area contributed by atoms with Crippen LogP contribution in [0.1, 0.15) is 17.5 Å². The third kappa shape index (κ3) is 9.24. The van der Waals surface area contributed by atoms with Gasteiger partial charge in [-0.3, -0.25) is 15.4 Å². The molecule has 226 valence electrons. The van der Waals surface area contributed by atoms with Crippen molar-refractivity contribution in [2.45, 2.75) is 6.92 Å². The van der Waals surface area contributed by atoms with Crippen molar-refractivity contribution in [2.24, 2.45) is 11.5 Å². The van der Waals surface area contributed by atoms with Gasteiger partial charge < -0.3 is 45.5 Å². The first kappa shape index (κ1) is 31.4. The topological polar surface area (TPSA) is 236 Å². The van der Waals surface area contributed by atoms with Gasteiger partial charge in [-0.1, -0.05) is 24.3 Å². The van der Waals surface area contributed by atoms with Gasteiger partial charge in [-0.25, -0.2) is 19.2 Å². The van der Waals surface area contributed by atoms with Crippen molar-refractivity contribution in [3.63, 3.8) is 0 Å². The van der Waals surface area contributed by atoms with E-state index in [1.165, 1.54) is 13.0 Å². The number of fused-ring (bicyclic) bond motifs is 2. The van der Waals surface area contributed by atoms with Crippen LogP contribution in [-0.4, -0.2) is 82.8 Å². The Morgan fingerprint density at radius 2 is 1.14 bits per heavy atom. The fourth-order valence-corrected chi connectivity index (χ4v) is 3.79. The minimum Gasteiger partial charge on any atom is -0.451 e. The molecule has 16 heteroatoms. The summed E-state index contributed by atoms with van der Waals surface area (Å²) in [5, 5.41) is 12.6. The Labute approximate surface area is 239 Å². The summed E-state index contributed by atoms with van der Waals surface area (Å²) in [6, 6.07) is 8.36. The molecule has 0 bridgehead atoms. The lowest BCUT2D eigenvalue weighted by Crippen LogP contribution is -2.28. The molecular formula is C26H32N6O10. The summed E-state index contributed by atoms with van der Waals surface area (Å²) in [6.07, 6.45) is -3.31. The highest BCUT2D eigenvalue weighted by Gasteiger charge is 2.22. The van der Waals surface area contributed by atoms with Crippen molar-refractivity contribution < 1.29 is 47.3 Å². The van der Waals surface area contributed by atoms with Gasteiger partial charge in [0, 0.05) is 49.3 Å². The molecule has 0 atom stereocenters. The van der Waals surface area contributed by atoms with Crippen LogP contribution in [0.5, 0.6) is 0 Å². The molecule has 2 aromatic carbocycles. The number of primary amides is 2. The van der Waals surface area contributed by atoms with Gasteiger partial charge in [0.2, 0.25) is 0 Å². The summed E-state index contributed by atoms with van der Waals surface area (Å²) < 4.78 is 25.5. The monoisotopic (exact) mass is 588 g/mol. The highest BCUT2D eigenvalue weighted by atomic mass is 16.6. The Bertz CT molecular complexity index is 1340. The Hall–Kier alpha value is -5.09. The summed E-state index contributed by atoms with van der Waals surface area (Å²) in [5.74, 6) is -0.354. The zero-order valence-electron chi connectivity index (χ0n) is 22.8. The lowest BCUT2D eigenvalue weighted by atomic mass is 10.0. The second kappa shape index (κ2) is 15.6. The number of carbonyl (C=O) groups excluding carboxylic acids is 5. The molecule has 0 aliphatic heterocycles. The lowest BCUT2D eigenvalue weighted by Gasteiger charge is -2.15. The molecule has 16 nitrogen and oxygen atoms in total. The molecule has 4 amide bonds. The standard InChI is InChI=1S/C26H32N6O10/c1-15(33)19-14-18-20(31-25(36)40-12-8-29-6-10-38-23(27)34)16-4-2-3-5-17(16)21(22(18)42-19)32-26(37)41-13-9-30-7-11-39-24(28)35/h2-5,14,29-30H,6-13H2,1H3,(H2,27,34)(H2,28,35)(H,31,36)(H,32,37). The Kier molecular flexibility index (Phi) is 11.7. The summed E-state index contributed by atoms with van der Waals surface area (Å²) in [4.78, 5) is 58.6. The number of ketones is 1. The molecule has 0 unspecified atom stereocenters. The minimum absolute atomic E-state index is 0.00116. The van der Waals surface area contributed by atoms with E-state index in [0.29, 0.717) is 34.9 Å². The zero-order chi connectivity index (χ0) is 30.5. The van der Waals surface area contributed by atoms with E-state index < -0.39 is 24.4 Å². The van der Waals surface area contributed by atoms with E-state index >= 15 is 0 Å². The van der Waals surface area contributed by atoms with Gasteiger partial charge >= 0.3 is 24.4 Å².